The summed E-state index contributed by atoms with van der Waals surface area (Å²) >= 11 is 0. The second-order valence-electron chi connectivity index (χ2n) is 3.91. The van der Waals surface area contributed by atoms with Gasteiger partial charge in [0.05, 0.1) is 11.8 Å². The van der Waals surface area contributed by atoms with E-state index in [0.717, 1.165) is 6.42 Å². The standard InChI is InChI=1S/C9H15NO4/c1-5-2-3-6(9(13)14-10)7(4-5)8(11)12/h5-7H,2-4,10H2,1H3,(H,11,12). The molecule has 1 saturated carbocycles. The van der Waals surface area contributed by atoms with E-state index in [4.69, 9.17) is 11.0 Å². The highest BCUT2D eigenvalue weighted by Gasteiger charge is 2.38. The highest BCUT2D eigenvalue weighted by molar-refractivity contribution is 5.81. The van der Waals surface area contributed by atoms with Crippen LogP contribution < -0.4 is 5.90 Å². The predicted molar refractivity (Wildman–Crippen MR) is 47.9 cm³/mol. The molecule has 0 aromatic carbocycles. The molecule has 3 unspecified atom stereocenters. The van der Waals surface area contributed by atoms with Crippen LogP contribution in [-0.2, 0) is 14.4 Å². The first kappa shape index (κ1) is 11.0. The number of aliphatic carboxylic acids is 1. The summed E-state index contributed by atoms with van der Waals surface area (Å²) in [6.45, 7) is 1.99. The Bertz CT molecular complexity index is 241. The van der Waals surface area contributed by atoms with Crippen molar-refractivity contribution in [3.8, 4) is 0 Å². The second-order valence-corrected chi connectivity index (χ2v) is 3.91. The third-order valence-corrected chi connectivity index (χ3v) is 2.85. The number of rotatable bonds is 2. The largest absolute Gasteiger partial charge is 0.481 e. The quantitative estimate of drug-likeness (QED) is 0.636. The molecule has 3 atom stereocenters. The maximum atomic E-state index is 11.2. The van der Waals surface area contributed by atoms with Crippen LogP contribution in [0.15, 0.2) is 0 Å². The summed E-state index contributed by atoms with van der Waals surface area (Å²) in [7, 11) is 0. The fraction of sp³-hybridized carbons (Fsp3) is 0.778. The summed E-state index contributed by atoms with van der Waals surface area (Å²) in [6.07, 6.45) is 1.92. The van der Waals surface area contributed by atoms with Gasteiger partial charge in [-0.2, -0.15) is 5.90 Å². The molecule has 5 heteroatoms. The van der Waals surface area contributed by atoms with Crippen LogP contribution in [0.2, 0.25) is 0 Å². The molecule has 0 heterocycles. The predicted octanol–water partition coefficient (Wildman–Crippen LogP) is 0.540. The lowest BCUT2D eigenvalue weighted by molar-refractivity contribution is -0.160. The van der Waals surface area contributed by atoms with Crippen LogP contribution in [0.1, 0.15) is 26.2 Å². The van der Waals surface area contributed by atoms with Crippen molar-refractivity contribution in [1.82, 2.24) is 0 Å². The van der Waals surface area contributed by atoms with Crippen LogP contribution in [0.3, 0.4) is 0 Å². The van der Waals surface area contributed by atoms with E-state index < -0.39 is 23.8 Å². The van der Waals surface area contributed by atoms with Gasteiger partial charge in [-0.25, -0.2) is 0 Å². The average Bonchev–Trinajstić information content (AvgIpc) is 2.16. The summed E-state index contributed by atoms with van der Waals surface area (Å²) < 4.78 is 0. The summed E-state index contributed by atoms with van der Waals surface area (Å²) in [5.41, 5.74) is 0. The van der Waals surface area contributed by atoms with Crippen LogP contribution in [-0.4, -0.2) is 17.0 Å². The normalized spacial score (nSPS) is 32.3. The molecule has 1 aliphatic carbocycles. The number of carboxylic acid groups (broad SMARTS) is 1. The number of carbonyl (C=O) groups excluding carboxylic acids is 1. The highest BCUT2D eigenvalue weighted by Crippen LogP contribution is 2.34. The van der Waals surface area contributed by atoms with Gasteiger partial charge < -0.3 is 9.94 Å². The topological polar surface area (TPSA) is 89.6 Å². The molecular formula is C9H15NO4. The monoisotopic (exact) mass is 201 g/mol. The maximum absolute atomic E-state index is 11.2. The minimum absolute atomic E-state index is 0.345. The highest BCUT2D eigenvalue weighted by atomic mass is 16.7. The van der Waals surface area contributed by atoms with Crippen molar-refractivity contribution in [3.05, 3.63) is 0 Å². The van der Waals surface area contributed by atoms with E-state index >= 15 is 0 Å². The van der Waals surface area contributed by atoms with Crippen LogP contribution >= 0.6 is 0 Å². The Labute approximate surface area is 82.2 Å². The number of carboxylic acids is 1. The van der Waals surface area contributed by atoms with Crippen molar-refractivity contribution in [3.63, 3.8) is 0 Å². The van der Waals surface area contributed by atoms with Crippen LogP contribution in [0.4, 0.5) is 0 Å². The minimum atomic E-state index is -0.938. The Morgan fingerprint density at radius 3 is 2.50 bits per heavy atom. The lowest BCUT2D eigenvalue weighted by Gasteiger charge is -2.29. The van der Waals surface area contributed by atoms with Crippen molar-refractivity contribution in [2.75, 3.05) is 0 Å². The van der Waals surface area contributed by atoms with E-state index in [1.807, 2.05) is 6.92 Å². The Kier molecular flexibility index (Phi) is 3.46. The lowest BCUT2D eigenvalue weighted by atomic mass is 9.75. The van der Waals surface area contributed by atoms with Gasteiger partial charge >= 0.3 is 11.9 Å². The molecule has 1 fully saturated rings. The Balaban J connectivity index is 2.72. The molecule has 0 spiro atoms. The molecule has 0 aliphatic heterocycles. The lowest BCUT2D eigenvalue weighted by Crippen LogP contribution is -2.36. The summed E-state index contributed by atoms with van der Waals surface area (Å²) in [4.78, 5) is 26.2. The Morgan fingerprint density at radius 2 is 2.00 bits per heavy atom. The first-order chi connectivity index (χ1) is 6.56. The summed E-state index contributed by atoms with van der Waals surface area (Å²) in [5, 5.41) is 8.92. The molecule has 0 radical (unpaired) electrons. The number of hydrogen-bond acceptors (Lipinski definition) is 4. The molecule has 1 aliphatic rings. The van der Waals surface area contributed by atoms with Gasteiger partial charge in [0.15, 0.2) is 0 Å². The van der Waals surface area contributed by atoms with Gasteiger partial charge in [-0.05, 0) is 25.2 Å². The molecular weight excluding hydrogens is 186 g/mol. The zero-order valence-corrected chi connectivity index (χ0v) is 8.10. The van der Waals surface area contributed by atoms with Crippen LogP contribution in [0, 0.1) is 17.8 Å². The van der Waals surface area contributed by atoms with Gasteiger partial charge in [-0.3, -0.25) is 9.59 Å². The summed E-state index contributed by atoms with van der Waals surface area (Å²) in [6, 6.07) is 0. The van der Waals surface area contributed by atoms with Gasteiger partial charge in [0.2, 0.25) is 0 Å². The van der Waals surface area contributed by atoms with Gasteiger partial charge in [0.25, 0.3) is 0 Å². The third kappa shape index (κ3) is 2.23. The average molecular weight is 201 g/mol. The molecule has 0 aromatic rings. The van der Waals surface area contributed by atoms with E-state index in [1.165, 1.54) is 0 Å². The fourth-order valence-electron chi connectivity index (χ4n) is 2.02. The molecule has 0 bridgehead atoms. The van der Waals surface area contributed by atoms with E-state index in [2.05, 4.69) is 4.84 Å². The molecule has 14 heavy (non-hydrogen) atoms. The zero-order chi connectivity index (χ0) is 10.7. The molecule has 80 valence electrons. The van der Waals surface area contributed by atoms with Crippen molar-refractivity contribution in [1.29, 1.82) is 0 Å². The van der Waals surface area contributed by atoms with Crippen LogP contribution in [0.5, 0.6) is 0 Å². The SMILES string of the molecule is CC1CCC(C(=O)ON)C(C(=O)O)C1. The van der Waals surface area contributed by atoms with Crippen molar-refractivity contribution in [2.45, 2.75) is 26.2 Å². The first-order valence-corrected chi connectivity index (χ1v) is 4.69. The van der Waals surface area contributed by atoms with Crippen molar-refractivity contribution < 1.29 is 19.5 Å². The molecule has 5 nitrogen and oxygen atoms in total. The first-order valence-electron chi connectivity index (χ1n) is 4.69. The van der Waals surface area contributed by atoms with Gasteiger partial charge in [0.1, 0.15) is 0 Å². The fourth-order valence-corrected chi connectivity index (χ4v) is 2.02. The van der Waals surface area contributed by atoms with Gasteiger partial charge in [-0.15, -0.1) is 0 Å². The third-order valence-electron chi connectivity index (χ3n) is 2.85. The molecule has 0 aromatic heterocycles. The van der Waals surface area contributed by atoms with Crippen LogP contribution in [0.25, 0.3) is 0 Å². The Hall–Kier alpha value is -1.10. The number of carbonyl (C=O) groups is 2. The molecule has 0 amide bonds. The molecule has 1 rings (SSSR count). The van der Waals surface area contributed by atoms with Gasteiger partial charge in [-0.1, -0.05) is 6.92 Å². The molecule has 3 N–H and O–H groups in total. The second kappa shape index (κ2) is 4.41. The van der Waals surface area contributed by atoms with E-state index in [9.17, 15) is 9.59 Å². The van der Waals surface area contributed by atoms with E-state index in [0.29, 0.717) is 18.8 Å². The zero-order valence-electron chi connectivity index (χ0n) is 8.10. The van der Waals surface area contributed by atoms with Gasteiger partial charge in [0, 0.05) is 0 Å². The number of hydrogen-bond donors (Lipinski definition) is 2. The smallest absolute Gasteiger partial charge is 0.328 e. The number of nitrogens with two attached hydrogens (primary N) is 1. The Morgan fingerprint density at radius 1 is 1.36 bits per heavy atom. The summed E-state index contributed by atoms with van der Waals surface area (Å²) in [5.74, 6) is 2.34. The minimum Gasteiger partial charge on any atom is -0.481 e. The van der Waals surface area contributed by atoms with E-state index in [-0.39, 0.29) is 0 Å². The van der Waals surface area contributed by atoms with Crippen molar-refractivity contribution >= 4 is 11.9 Å². The molecule has 0 saturated heterocycles. The maximum Gasteiger partial charge on any atom is 0.328 e. The van der Waals surface area contributed by atoms with Crippen molar-refractivity contribution in [2.24, 2.45) is 23.7 Å². The van der Waals surface area contributed by atoms with E-state index in [1.54, 1.807) is 0 Å².